The molecule has 0 saturated carbocycles. The van der Waals surface area contributed by atoms with Crippen LogP contribution in [0.2, 0.25) is 0 Å². The Labute approximate surface area is 128 Å². The Morgan fingerprint density at radius 2 is 1.58 bits per heavy atom. The molecule has 0 aliphatic rings. The van der Waals surface area contributed by atoms with Crippen LogP contribution in [0.15, 0.2) is 57.5 Å². The molecule has 0 atom stereocenters. The van der Waals surface area contributed by atoms with Gasteiger partial charge in [-0.05, 0) is 40.5 Å². The molecule has 0 bridgehead atoms. The first-order valence-electron chi connectivity index (χ1n) is 5.98. The first kappa shape index (κ1) is 12.8. The van der Waals surface area contributed by atoms with Gasteiger partial charge in [0, 0.05) is 19.9 Å². The largest absolute Gasteiger partial charge is 0.247 e. The van der Waals surface area contributed by atoms with Crippen molar-refractivity contribution in [3.05, 3.63) is 63.0 Å². The van der Waals surface area contributed by atoms with Gasteiger partial charge in [0.15, 0.2) is 0 Å². The third-order valence-corrected chi connectivity index (χ3v) is 4.87. The molecule has 1 nitrogen and oxygen atoms in total. The Morgan fingerprint density at radius 3 is 2.37 bits per heavy atom. The summed E-state index contributed by atoms with van der Waals surface area (Å²) in [6, 6.07) is 16.4. The number of benzene rings is 2. The Morgan fingerprint density at radius 1 is 0.895 bits per heavy atom. The Balaban J connectivity index is 2.37. The molecule has 1 heterocycles. The second-order valence-electron chi connectivity index (χ2n) is 4.40. The van der Waals surface area contributed by atoms with Gasteiger partial charge in [0.2, 0.25) is 0 Å². The highest BCUT2D eigenvalue weighted by atomic mass is 79.9. The number of hydrogen-bond acceptors (Lipinski definition) is 1. The summed E-state index contributed by atoms with van der Waals surface area (Å²) in [4.78, 5) is 4.79. The standard InChI is InChI=1S/C16H11Br2N/c1-10-11-6-3-5-9-14(11)19-16(15(10)18)12-7-2-4-8-13(12)17/h2-9H,1H3. The van der Waals surface area contributed by atoms with Crippen LogP contribution < -0.4 is 0 Å². The van der Waals surface area contributed by atoms with Crippen LogP contribution in [0.25, 0.3) is 22.2 Å². The maximum atomic E-state index is 4.79. The van der Waals surface area contributed by atoms with Gasteiger partial charge in [-0.3, -0.25) is 0 Å². The lowest BCUT2D eigenvalue weighted by Crippen LogP contribution is -1.92. The summed E-state index contributed by atoms with van der Waals surface area (Å²) >= 11 is 7.28. The zero-order chi connectivity index (χ0) is 13.4. The van der Waals surface area contributed by atoms with E-state index < -0.39 is 0 Å². The van der Waals surface area contributed by atoms with E-state index in [4.69, 9.17) is 4.98 Å². The lowest BCUT2D eigenvalue weighted by atomic mass is 10.1. The van der Waals surface area contributed by atoms with Crippen LogP contribution in [-0.4, -0.2) is 4.98 Å². The summed E-state index contributed by atoms with van der Waals surface area (Å²) < 4.78 is 2.11. The van der Waals surface area contributed by atoms with Gasteiger partial charge in [0.05, 0.1) is 11.2 Å². The van der Waals surface area contributed by atoms with Crippen molar-refractivity contribution in [2.45, 2.75) is 6.92 Å². The molecular weight excluding hydrogens is 366 g/mol. The van der Waals surface area contributed by atoms with E-state index in [9.17, 15) is 0 Å². The molecule has 1 aromatic heterocycles. The first-order valence-corrected chi connectivity index (χ1v) is 7.57. The normalized spacial score (nSPS) is 10.9. The first-order chi connectivity index (χ1) is 9.18. The smallest absolute Gasteiger partial charge is 0.0865 e. The molecule has 3 aromatic rings. The number of halogens is 2. The van der Waals surface area contributed by atoms with Gasteiger partial charge in [-0.15, -0.1) is 0 Å². The van der Waals surface area contributed by atoms with Gasteiger partial charge in [-0.25, -0.2) is 4.98 Å². The van der Waals surface area contributed by atoms with Gasteiger partial charge in [0.25, 0.3) is 0 Å². The number of pyridine rings is 1. The molecule has 0 aliphatic heterocycles. The Hall–Kier alpha value is -1.19. The zero-order valence-electron chi connectivity index (χ0n) is 10.3. The van der Waals surface area contributed by atoms with E-state index in [1.54, 1.807) is 0 Å². The molecular formula is C16H11Br2N. The van der Waals surface area contributed by atoms with Crippen LogP contribution in [0.3, 0.4) is 0 Å². The fourth-order valence-corrected chi connectivity index (χ4v) is 3.17. The van der Waals surface area contributed by atoms with Crippen molar-refractivity contribution in [3.8, 4) is 11.3 Å². The van der Waals surface area contributed by atoms with Crippen molar-refractivity contribution in [1.82, 2.24) is 4.98 Å². The molecule has 0 fully saturated rings. The van der Waals surface area contributed by atoms with E-state index >= 15 is 0 Å². The summed E-state index contributed by atoms with van der Waals surface area (Å²) in [6.45, 7) is 2.12. The van der Waals surface area contributed by atoms with E-state index in [-0.39, 0.29) is 0 Å². The van der Waals surface area contributed by atoms with E-state index in [1.165, 1.54) is 10.9 Å². The van der Waals surface area contributed by atoms with Crippen molar-refractivity contribution in [1.29, 1.82) is 0 Å². The SMILES string of the molecule is Cc1c(Br)c(-c2ccccc2Br)nc2ccccc12. The topological polar surface area (TPSA) is 12.9 Å². The number of fused-ring (bicyclic) bond motifs is 1. The van der Waals surface area contributed by atoms with Crippen molar-refractivity contribution >= 4 is 42.8 Å². The molecule has 2 aromatic carbocycles. The van der Waals surface area contributed by atoms with Crippen molar-refractivity contribution in [2.24, 2.45) is 0 Å². The van der Waals surface area contributed by atoms with Crippen molar-refractivity contribution in [3.63, 3.8) is 0 Å². The highest BCUT2D eigenvalue weighted by molar-refractivity contribution is 9.11. The van der Waals surface area contributed by atoms with Crippen LogP contribution in [0.1, 0.15) is 5.56 Å². The third-order valence-electron chi connectivity index (χ3n) is 3.21. The van der Waals surface area contributed by atoms with E-state index in [0.29, 0.717) is 0 Å². The number of hydrogen-bond donors (Lipinski definition) is 0. The highest BCUT2D eigenvalue weighted by Gasteiger charge is 2.13. The number of nitrogens with zero attached hydrogens (tertiary/aromatic N) is 1. The van der Waals surface area contributed by atoms with Crippen LogP contribution >= 0.6 is 31.9 Å². The maximum Gasteiger partial charge on any atom is 0.0865 e. The van der Waals surface area contributed by atoms with Gasteiger partial charge in [-0.2, -0.15) is 0 Å². The zero-order valence-corrected chi connectivity index (χ0v) is 13.5. The number of rotatable bonds is 1. The summed E-state index contributed by atoms with van der Waals surface area (Å²) in [5.74, 6) is 0. The van der Waals surface area contributed by atoms with Gasteiger partial charge in [0.1, 0.15) is 0 Å². The summed E-state index contributed by atoms with van der Waals surface area (Å²) in [5.41, 5.74) is 4.32. The van der Waals surface area contributed by atoms with E-state index in [2.05, 4.69) is 57.0 Å². The highest BCUT2D eigenvalue weighted by Crippen LogP contribution is 2.36. The summed E-state index contributed by atoms with van der Waals surface area (Å²) in [7, 11) is 0. The van der Waals surface area contributed by atoms with Crippen molar-refractivity contribution < 1.29 is 0 Å². The molecule has 19 heavy (non-hydrogen) atoms. The monoisotopic (exact) mass is 375 g/mol. The van der Waals surface area contributed by atoms with Crippen LogP contribution in [0, 0.1) is 6.92 Å². The average molecular weight is 377 g/mol. The Bertz CT molecular complexity index is 766. The molecule has 0 aliphatic carbocycles. The molecule has 0 amide bonds. The predicted octanol–water partition coefficient (Wildman–Crippen LogP) is 5.74. The number of aryl methyl sites for hydroxylation is 1. The van der Waals surface area contributed by atoms with E-state index in [1.807, 2.05) is 30.3 Å². The fraction of sp³-hybridized carbons (Fsp3) is 0.0625. The molecule has 3 rings (SSSR count). The minimum absolute atomic E-state index is 0.976. The molecule has 0 radical (unpaired) electrons. The van der Waals surface area contributed by atoms with Crippen LogP contribution in [0.5, 0.6) is 0 Å². The average Bonchev–Trinajstić information content (AvgIpc) is 2.44. The second-order valence-corrected chi connectivity index (χ2v) is 6.04. The second kappa shape index (κ2) is 5.06. The van der Waals surface area contributed by atoms with Crippen LogP contribution in [-0.2, 0) is 0 Å². The lowest BCUT2D eigenvalue weighted by molar-refractivity contribution is 1.33. The number of aromatic nitrogens is 1. The molecule has 0 unspecified atom stereocenters. The minimum atomic E-state index is 0.976. The summed E-state index contributed by atoms with van der Waals surface area (Å²) in [6.07, 6.45) is 0. The van der Waals surface area contributed by atoms with Crippen LogP contribution in [0.4, 0.5) is 0 Å². The summed E-state index contributed by atoms with van der Waals surface area (Å²) in [5, 5.41) is 1.19. The lowest BCUT2D eigenvalue weighted by Gasteiger charge is -2.11. The molecule has 0 saturated heterocycles. The van der Waals surface area contributed by atoms with Gasteiger partial charge < -0.3 is 0 Å². The van der Waals surface area contributed by atoms with Gasteiger partial charge >= 0.3 is 0 Å². The van der Waals surface area contributed by atoms with Gasteiger partial charge in [-0.1, -0.05) is 52.3 Å². The molecule has 0 spiro atoms. The maximum absolute atomic E-state index is 4.79. The number of para-hydroxylation sites is 1. The minimum Gasteiger partial charge on any atom is -0.247 e. The van der Waals surface area contributed by atoms with Crippen molar-refractivity contribution in [2.75, 3.05) is 0 Å². The molecule has 3 heteroatoms. The third kappa shape index (κ3) is 2.21. The Kier molecular flexibility index (Phi) is 3.42. The fourth-order valence-electron chi connectivity index (χ4n) is 2.19. The predicted molar refractivity (Wildman–Crippen MR) is 87.3 cm³/mol. The molecule has 94 valence electrons. The molecule has 0 N–H and O–H groups in total. The quantitative estimate of drug-likeness (QED) is 0.528. The van der Waals surface area contributed by atoms with E-state index in [0.717, 1.165) is 25.7 Å².